The summed E-state index contributed by atoms with van der Waals surface area (Å²) in [6.07, 6.45) is 7.72. The third-order valence-corrected chi connectivity index (χ3v) is 4.75. The second kappa shape index (κ2) is 8.49. The van der Waals surface area contributed by atoms with Crippen molar-refractivity contribution < 1.29 is 0 Å². The Balaban J connectivity index is 2.25. The van der Waals surface area contributed by atoms with Crippen molar-refractivity contribution in [1.82, 2.24) is 0 Å². The van der Waals surface area contributed by atoms with Crippen LogP contribution in [-0.2, 0) is 0 Å². The maximum atomic E-state index is 2.33. The molecule has 0 radical (unpaired) electrons. The van der Waals surface area contributed by atoms with E-state index in [0.29, 0.717) is 0 Å². The SMILES string of the molecule is C/C=C(\C=C/CC)c1cc(-c2ccccc2)cc(-c2ccccc2)c1C. The Morgan fingerprint density at radius 3 is 2.00 bits per heavy atom. The van der Waals surface area contributed by atoms with Gasteiger partial charge in [0.1, 0.15) is 0 Å². The monoisotopic (exact) mass is 338 g/mol. The normalized spacial score (nSPS) is 11.9. The zero-order valence-corrected chi connectivity index (χ0v) is 15.9. The molecular weight excluding hydrogens is 312 g/mol. The highest BCUT2D eigenvalue weighted by Crippen LogP contribution is 2.35. The Bertz CT molecular complexity index is 913. The molecule has 0 fully saturated rings. The molecule has 0 nitrogen and oxygen atoms in total. The molecule has 0 aromatic heterocycles. The van der Waals surface area contributed by atoms with E-state index in [4.69, 9.17) is 0 Å². The molecule has 0 N–H and O–H groups in total. The molecule has 0 heterocycles. The summed E-state index contributed by atoms with van der Waals surface area (Å²) in [7, 11) is 0. The minimum atomic E-state index is 1.04. The average molecular weight is 338 g/mol. The van der Waals surface area contributed by atoms with E-state index >= 15 is 0 Å². The minimum Gasteiger partial charge on any atom is -0.0842 e. The summed E-state index contributed by atoms with van der Waals surface area (Å²) in [5, 5.41) is 0. The van der Waals surface area contributed by atoms with Crippen molar-refractivity contribution in [2.75, 3.05) is 0 Å². The van der Waals surface area contributed by atoms with Crippen molar-refractivity contribution in [2.45, 2.75) is 27.2 Å². The minimum absolute atomic E-state index is 1.04. The highest BCUT2D eigenvalue weighted by Gasteiger charge is 2.12. The molecule has 3 aromatic rings. The number of rotatable bonds is 5. The largest absolute Gasteiger partial charge is 0.0842 e. The molecule has 3 rings (SSSR count). The lowest BCUT2D eigenvalue weighted by Gasteiger charge is -2.16. The molecule has 0 aliphatic heterocycles. The fraction of sp³-hybridized carbons (Fsp3) is 0.154. The molecule has 0 saturated carbocycles. The first-order valence-corrected chi connectivity index (χ1v) is 9.33. The summed E-state index contributed by atoms with van der Waals surface area (Å²) in [6.45, 7) is 6.52. The van der Waals surface area contributed by atoms with E-state index in [1.165, 1.54) is 39.0 Å². The van der Waals surface area contributed by atoms with E-state index in [9.17, 15) is 0 Å². The molecule has 130 valence electrons. The molecule has 3 aromatic carbocycles. The summed E-state index contributed by atoms with van der Waals surface area (Å²) >= 11 is 0. The second-order valence-electron chi connectivity index (χ2n) is 6.48. The van der Waals surface area contributed by atoms with E-state index in [1.807, 2.05) is 0 Å². The molecular formula is C26H26. The Kier molecular flexibility index (Phi) is 5.86. The third kappa shape index (κ3) is 3.86. The summed E-state index contributed by atoms with van der Waals surface area (Å²) in [5.74, 6) is 0. The van der Waals surface area contributed by atoms with Gasteiger partial charge in [-0.25, -0.2) is 0 Å². The molecule has 0 aliphatic carbocycles. The van der Waals surface area contributed by atoms with Crippen LogP contribution in [0.5, 0.6) is 0 Å². The van der Waals surface area contributed by atoms with Crippen molar-refractivity contribution in [2.24, 2.45) is 0 Å². The van der Waals surface area contributed by atoms with Gasteiger partial charge in [0, 0.05) is 0 Å². The first-order valence-electron chi connectivity index (χ1n) is 9.33. The predicted molar refractivity (Wildman–Crippen MR) is 115 cm³/mol. The topological polar surface area (TPSA) is 0 Å². The lowest BCUT2D eigenvalue weighted by Crippen LogP contribution is -1.94. The maximum absolute atomic E-state index is 2.33. The van der Waals surface area contributed by atoms with Crippen LogP contribution in [0.1, 0.15) is 31.4 Å². The van der Waals surface area contributed by atoms with Crippen LogP contribution in [0.2, 0.25) is 0 Å². The number of hydrogen-bond donors (Lipinski definition) is 0. The fourth-order valence-electron chi connectivity index (χ4n) is 3.32. The smallest absolute Gasteiger partial charge is 0.0142 e. The van der Waals surface area contributed by atoms with Gasteiger partial charge in [0.25, 0.3) is 0 Å². The quantitative estimate of drug-likeness (QED) is 0.418. The molecule has 0 aliphatic rings. The molecule has 0 spiro atoms. The molecule has 0 atom stereocenters. The van der Waals surface area contributed by atoms with Crippen LogP contribution in [0.25, 0.3) is 27.8 Å². The lowest BCUT2D eigenvalue weighted by atomic mass is 9.88. The van der Waals surface area contributed by atoms with Crippen LogP contribution < -0.4 is 0 Å². The van der Waals surface area contributed by atoms with E-state index in [-0.39, 0.29) is 0 Å². The highest BCUT2D eigenvalue weighted by molar-refractivity contribution is 5.86. The van der Waals surface area contributed by atoms with Gasteiger partial charge >= 0.3 is 0 Å². The summed E-state index contributed by atoms with van der Waals surface area (Å²) in [4.78, 5) is 0. The van der Waals surface area contributed by atoms with E-state index in [2.05, 4.69) is 112 Å². The molecule has 0 amide bonds. The predicted octanol–water partition coefficient (Wildman–Crippen LogP) is 7.70. The summed E-state index contributed by atoms with van der Waals surface area (Å²) in [5.41, 5.74) is 8.97. The fourth-order valence-corrected chi connectivity index (χ4v) is 3.32. The first kappa shape index (κ1) is 17.9. The Morgan fingerprint density at radius 1 is 0.808 bits per heavy atom. The van der Waals surface area contributed by atoms with Gasteiger partial charge in [-0.15, -0.1) is 0 Å². The Hall–Kier alpha value is -2.86. The third-order valence-electron chi connectivity index (χ3n) is 4.75. The van der Waals surface area contributed by atoms with Crippen LogP contribution in [0.3, 0.4) is 0 Å². The van der Waals surface area contributed by atoms with Gasteiger partial charge in [-0.2, -0.15) is 0 Å². The van der Waals surface area contributed by atoms with Gasteiger partial charge < -0.3 is 0 Å². The Labute approximate surface area is 157 Å². The van der Waals surface area contributed by atoms with Crippen LogP contribution in [0, 0.1) is 6.92 Å². The van der Waals surface area contributed by atoms with Gasteiger partial charge in [-0.1, -0.05) is 85.8 Å². The Morgan fingerprint density at radius 2 is 1.42 bits per heavy atom. The highest BCUT2D eigenvalue weighted by atomic mass is 14.2. The van der Waals surface area contributed by atoms with Crippen LogP contribution >= 0.6 is 0 Å². The zero-order valence-electron chi connectivity index (χ0n) is 15.9. The summed E-state index contributed by atoms with van der Waals surface area (Å²) in [6, 6.07) is 26.0. The van der Waals surface area contributed by atoms with Crippen LogP contribution in [0.15, 0.2) is 91.0 Å². The number of hydrogen-bond acceptors (Lipinski definition) is 0. The van der Waals surface area contributed by atoms with E-state index in [1.54, 1.807) is 0 Å². The average Bonchev–Trinajstić information content (AvgIpc) is 2.71. The van der Waals surface area contributed by atoms with Crippen molar-refractivity contribution >= 4 is 5.57 Å². The number of allylic oxidation sites excluding steroid dienone is 4. The van der Waals surface area contributed by atoms with E-state index < -0.39 is 0 Å². The van der Waals surface area contributed by atoms with Crippen molar-refractivity contribution in [3.05, 3.63) is 102 Å². The van der Waals surface area contributed by atoms with Gasteiger partial charge in [-0.3, -0.25) is 0 Å². The first-order chi connectivity index (χ1) is 12.7. The lowest BCUT2D eigenvalue weighted by molar-refractivity contribution is 1.22. The maximum Gasteiger partial charge on any atom is -0.0142 e. The van der Waals surface area contributed by atoms with Gasteiger partial charge in [-0.05, 0) is 71.4 Å². The van der Waals surface area contributed by atoms with Crippen molar-refractivity contribution in [1.29, 1.82) is 0 Å². The molecule has 0 saturated heterocycles. The van der Waals surface area contributed by atoms with Gasteiger partial charge in [0.15, 0.2) is 0 Å². The summed E-state index contributed by atoms with van der Waals surface area (Å²) < 4.78 is 0. The molecule has 0 unspecified atom stereocenters. The van der Waals surface area contributed by atoms with Gasteiger partial charge in [0.2, 0.25) is 0 Å². The standard InChI is InChI=1S/C26H26/c1-4-6-13-21(5-2)25-18-24(22-14-9-7-10-15-22)19-26(20(25)3)23-16-11-8-12-17-23/h5-19H,4H2,1-3H3/b13-6-,21-5+. The zero-order chi connectivity index (χ0) is 18.4. The molecule has 0 bridgehead atoms. The second-order valence-corrected chi connectivity index (χ2v) is 6.48. The van der Waals surface area contributed by atoms with Gasteiger partial charge in [0.05, 0.1) is 0 Å². The number of benzene rings is 3. The van der Waals surface area contributed by atoms with Crippen LogP contribution in [0.4, 0.5) is 0 Å². The van der Waals surface area contributed by atoms with Crippen molar-refractivity contribution in [3.63, 3.8) is 0 Å². The van der Waals surface area contributed by atoms with E-state index in [0.717, 1.165) is 6.42 Å². The molecule has 0 heteroatoms. The van der Waals surface area contributed by atoms with Crippen molar-refractivity contribution in [3.8, 4) is 22.3 Å². The molecule has 26 heavy (non-hydrogen) atoms. The van der Waals surface area contributed by atoms with Crippen LogP contribution in [-0.4, -0.2) is 0 Å².